The SMILES string of the molecule is CCOC(=O)[C@@H](Cc1ccccc1)NC(=O)c1ccccc1NC(=O)c1cc2ccccc2[nH]1. The van der Waals surface area contributed by atoms with Crippen LogP contribution in [0.1, 0.15) is 33.3 Å². The molecule has 0 aliphatic rings. The zero-order chi connectivity index (χ0) is 23.9. The zero-order valence-corrected chi connectivity index (χ0v) is 18.7. The molecule has 7 nitrogen and oxygen atoms in total. The molecule has 172 valence electrons. The lowest BCUT2D eigenvalue weighted by Crippen LogP contribution is -2.43. The Hall–Kier alpha value is -4.39. The average Bonchev–Trinajstić information content (AvgIpc) is 3.29. The predicted molar refractivity (Wildman–Crippen MR) is 131 cm³/mol. The van der Waals surface area contributed by atoms with Crippen LogP contribution in [0.4, 0.5) is 5.69 Å². The Morgan fingerprint density at radius 2 is 1.59 bits per heavy atom. The lowest BCUT2D eigenvalue weighted by atomic mass is 10.0. The summed E-state index contributed by atoms with van der Waals surface area (Å²) < 4.78 is 5.17. The molecule has 2 amide bonds. The van der Waals surface area contributed by atoms with E-state index in [9.17, 15) is 14.4 Å². The summed E-state index contributed by atoms with van der Waals surface area (Å²) in [6.45, 7) is 1.92. The maximum absolute atomic E-state index is 13.2. The second-order valence-corrected chi connectivity index (χ2v) is 7.74. The van der Waals surface area contributed by atoms with Crippen molar-refractivity contribution in [3.63, 3.8) is 0 Å². The van der Waals surface area contributed by atoms with Gasteiger partial charge in [-0.15, -0.1) is 0 Å². The van der Waals surface area contributed by atoms with Gasteiger partial charge in [0.2, 0.25) is 0 Å². The van der Waals surface area contributed by atoms with E-state index in [4.69, 9.17) is 4.74 Å². The fourth-order valence-corrected chi connectivity index (χ4v) is 3.70. The highest BCUT2D eigenvalue weighted by atomic mass is 16.5. The molecule has 0 saturated heterocycles. The quantitative estimate of drug-likeness (QED) is 0.345. The van der Waals surface area contributed by atoms with Crippen molar-refractivity contribution in [3.8, 4) is 0 Å². The number of anilines is 1. The topological polar surface area (TPSA) is 100 Å². The number of hydrogen-bond acceptors (Lipinski definition) is 4. The van der Waals surface area contributed by atoms with Crippen LogP contribution in [0.2, 0.25) is 0 Å². The largest absolute Gasteiger partial charge is 0.464 e. The Morgan fingerprint density at radius 1 is 0.882 bits per heavy atom. The molecule has 0 saturated carbocycles. The molecule has 3 aromatic carbocycles. The number of hydrogen-bond donors (Lipinski definition) is 3. The maximum atomic E-state index is 13.2. The first-order valence-electron chi connectivity index (χ1n) is 11.0. The highest BCUT2D eigenvalue weighted by molar-refractivity contribution is 6.10. The van der Waals surface area contributed by atoms with Gasteiger partial charge in [-0.25, -0.2) is 4.79 Å². The molecule has 0 aliphatic carbocycles. The number of aromatic nitrogens is 1. The zero-order valence-electron chi connectivity index (χ0n) is 18.7. The summed E-state index contributed by atoms with van der Waals surface area (Å²) in [5.41, 5.74) is 2.70. The van der Waals surface area contributed by atoms with Crippen LogP contribution in [-0.2, 0) is 16.0 Å². The van der Waals surface area contributed by atoms with Crippen molar-refractivity contribution in [2.75, 3.05) is 11.9 Å². The highest BCUT2D eigenvalue weighted by Gasteiger charge is 2.24. The number of carbonyl (C=O) groups excluding carboxylic acids is 3. The molecular weight excluding hydrogens is 430 g/mol. The fraction of sp³-hybridized carbons (Fsp3) is 0.148. The minimum atomic E-state index is -0.868. The second kappa shape index (κ2) is 10.5. The van der Waals surface area contributed by atoms with Gasteiger partial charge in [0, 0.05) is 17.3 Å². The summed E-state index contributed by atoms with van der Waals surface area (Å²) in [4.78, 5) is 41.6. The first-order valence-corrected chi connectivity index (χ1v) is 11.0. The van der Waals surface area contributed by atoms with E-state index < -0.39 is 17.9 Å². The molecule has 1 aromatic heterocycles. The highest BCUT2D eigenvalue weighted by Crippen LogP contribution is 2.19. The summed E-state index contributed by atoms with van der Waals surface area (Å²) in [7, 11) is 0. The van der Waals surface area contributed by atoms with Crippen LogP contribution in [0.25, 0.3) is 10.9 Å². The van der Waals surface area contributed by atoms with Gasteiger partial charge in [-0.1, -0.05) is 60.7 Å². The van der Waals surface area contributed by atoms with E-state index in [1.54, 1.807) is 37.3 Å². The van der Waals surface area contributed by atoms with Gasteiger partial charge in [-0.3, -0.25) is 9.59 Å². The summed E-state index contributed by atoms with van der Waals surface area (Å²) >= 11 is 0. The first-order chi connectivity index (χ1) is 16.5. The van der Waals surface area contributed by atoms with Crippen molar-refractivity contribution in [2.24, 2.45) is 0 Å². The van der Waals surface area contributed by atoms with Gasteiger partial charge >= 0.3 is 5.97 Å². The molecule has 0 radical (unpaired) electrons. The number of H-pyrrole nitrogens is 1. The molecule has 4 rings (SSSR count). The first kappa shape index (κ1) is 22.8. The normalized spacial score (nSPS) is 11.6. The number of nitrogens with one attached hydrogen (secondary N) is 3. The molecule has 0 aliphatic heterocycles. The Kier molecular flexibility index (Phi) is 7.03. The summed E-state index contributed by atoms with van der Waals surface area (Å²) in [6.07, 6.45) is 0.287. The van der Waals surface area contributed by atoms with Crippen LogP contribution in [0, 0.1) is 0 Å². The van der Waals surface area contributed by atoms with Crippen LogP contribution in [0.3, 0.4) is 0 Å². The number of amides is 2. The lowest BCUT2D eigenvalue weighted by Gasteiger charge is -2.18. The Labute approximate surface area is 197 Å². The molecule has 0 bridgehead atoms. The maximum Gasteiger partial charge on any atom is 0.328 e. The van der Waals surface area contributed by atoms with Crippen molar-refractivity contribution in [2.45, 2.75) is 19.4 Å². The second-order valence-electron chi connectivity index (χ2n) is 7.74. The van der Waals surface area contributed by atoms with Gasteiger partial charge in [0.1, 0.15) is 11.7 Å². The molecule has 34 heavy (non-hydrogen) atoms. The average molecular weight is 456 g/mol. The van der Waals surface area contributed by atoms with E-state index in [0.717, 1.165) is 16.5 Å². The third-order valence-corrected chi connectivity index (χ3v) is 5.35. The smallest absolute Gasteiger partial charge is 0.328 e. The van der Waals surface area contributed by atoms with Crippen molar-refractivity contribution < 1.29 is 19.1 Å². The van der Waals surface area contributed by atoms with Crippen molar-refractivity contribution >= 4 is 34.4 Å². The van der Waals surface area contributed by atoms with E-state index in [1.807, 2.05) is 54.6 Å². The monoisotopic (exact) mass is 455 g/mol. The van der Waals surface area contributed by atoms with Gasteiger partial charge in [0.15, 0.2) is 0 Å². The number of carbonyl (C=O) groups is 3. The fourth-order valence-electron chi connectivity index (χ4n) is 3.70. The van der Waals surface area contributed by atoms with E-state index in [-0.39, 0.29) is 24.5 Å². The standard InChI is InChI=1S/C27H25N3O4/c1-2-34-27(33)24(16-18-10-4-3-5-11-18)30-25(31)20-13-7-9-15-22(20)29-26(32)23-17-19-12-6-8-14-21(19)28-23/h3-15,17,24,28H,2,16H2,1H3,(H,29,32)(H,30,31)/t24-/m1/s1. The number of aromatic amines is 1. The Morgan fingerprint density at radius 3 is 2.35 bits per heavy atom. The van der Waals surface area contributed by atoms with Gasteiger partial charge < -0.3 is 20.4 Å². The Balaban J connectivity index is 1.53. The van der Waals surface area contributed by atoms with Crippen molar-refractivity contribution in [3.05, 3.63) is 102 Å². The molecule has 3 N–H and O–H groups in total. The van der Waals surface area contributed by atoms with Gasteiger partial charge in [0.25, 0.3) is 11.8 Å². The molecule has 4 aromatic rings. The van der Waals surface area contributed by atoms with Crippen molar-refractivity contribution in [1.29, 1.82) is 0 Å². The number of fused-ring (bicyclic) bond motifs is 1. The number of para-hydroxylation sites is 2. The minimum absolute atomic E-state index is 0.205. The molecule has 1 heterocycles. The van der Waals surface area contributed by atoms with Crippen LogP contribution in [0.5, 0.6) is 0 Å². The molecular formula is C27H25N3O4. The molecule has 0 spiro atoms. The van der Waals surface area contributed by atoms with Crippen LogP contribution in [0.15, 0.2) is 84.9 Å². The van der Waals surface area contributed by atoms with Gasteiger partial charge in [-0.2, -0.15) is 0 Å². The third-order valence-electron chi connectivity index (χ3n) is 5.35. The number of benzene rings is 3. The van der Waals surface area contributed by atoms with Gasteiger partial charge in [0.05, 0.1) is 17.9 Å². The summed E-state index contributed by atoms with van der Waals surface area (Å²) in [6, 6.07) is 24.5. The van der Waals surface area contributed by atoms with Crippen LogP contribution < -0.4 is 10.6 Å². The Bertz CT molecular complexity index is 1280. The predicted octanol–water partition coefficient (Wildman–Crippen LogP) is 4.32. The molecule has 7 heteroatoms. The number of rotatable bonds is 8. The molecule has 0 unspecified atom stereocenters. The summed E-state index contributed by atoms with van der Waals surface area (Å²) in [5.74, 6) is -1.37. The van der Waals surface area contributed by atoms with E-state index in [2.05, 4.69) is 15.6 Å². The third kappa shape index (κ3) is 5.32. The lowest BCUT2D eigenvalue weighted by molar-refractivity contribution is -0.145. The molecule has 0 fully saturated rings. The molecule has 1 atom stereocenters. The van der Waals surface area contributed by atoms with E-state index in [1.165, 1.54) is 0 Å². The van der Waals surface area contributed by atoms with Gasteiger partial charge in [-0.05, 0) is 36.8 Å². The van der Waals surface area contributed by atoms with E-state index >= 15 is 0 Å². The van der Waals surface area contributed by atoms with E-state index in [0.29, 0.717) is 11.4 Å². The van der Waals surface area contributed by atoms with Crippen molar-refractivity contribution in [1.82, 2.24) is 10.3 Å². The summed E-state index contributed by atoms with van der Waals surface area (Å²) in [5, 5.41) is 6.48. The number of esters is 1. The number of ether oxygens (including phenoxy) is 1. The minimum Gasteiger partial charge on any atom is -0.464 e. The van der Waals surface area contributed by atoms with Crippen LogP contribution in [-0.4, -0.2) is 35.4 Å². The van der Waals surface area contributed by atoms with Crippen LogP contribution >= 0.6 is 0 Å².